The van der Waals surface area contributed by atoms with Gasteiger partial charge in [0.1, 0.15) is 31.0 Å². The predicted molar refractivity (Wildman–Crippen MR) is 132 cm³/mol. The fourth-order valence-electron chi connectivity index (χ4n) is 3.94. The second-order valence-electron chi connectivity index (χ2n) is 9.25. The summed E-state index contributed by atoms with van der Waals surface area (Å²) in [6.07, 6.45) is 16.4. The molecule has 0 saturated carbocycles. The normalized spacial score (nSPS) is 20.6. The molecule has 8 nitrogen and oxygen atoms in total. The molecule has 0 unspecified atom stereocenters. The van der Waals surface area contributed by atoms with Crippen LogP contribution in [0.2, 0.25) is 0 Å². The van der Waals surface area contributed by atoms with Crippen molar-refractivity contribution in [1.82, 2.24) is 0 Å². The van der Waals surface area contributed by atoms with Gasteiger partial charge in [0.25, 0.3) is 0 Å². The summed E-state index contributed by atoms with van der Waals surface area (Å²) in [5, 5.41) is 44.1. The number of esters is 1. The lowest BCUT2D eigenvalue weighted by Crippen LogP contribution is -2.40. The summed E-state index contributed by atoms with van der Waals surface area (Å²) < 4.78 is 9.64. The van der Waals surface area contributed by atoms with E-state index in [4.69, 9.17) is 35.0 Å². The highest BCUT2D eigenvalue weighted by atomic mass is 16.5. The minimum Gasteiger partial charge on any atom is -0.463 e. The minimum absolute atomic E-state index is 0.00287. The van der Waals surface area contributed by atoms with E-state index in [1.165, 1.54) is 83.5 Å². The average molecular weight is 493 g/mol. The molecule has 1 saturated heterocycles. The van der Waals surface area contributed by atoms with Gasteiger partial charge >= 0.3 is 5.97 Å². The van der Waals surface area contributed by atoms with Gasteiger partial charge in [-0.1, -0.05) is 96.8 Å². The van der Waals surface area contributed by atoms with Crippen molar-refractivity contribution in [2.45, 2.75) is 134 Å². The highest BCUT2D eigenvalue weighted by molar-refractivity contribution is 5.69. The van der Waals surface area contributed by atoms with Gasteiger partial charge in [0.05, 0.1) is 19.8 Å². The summed E-state index contributed by atoms with van der Waals surface area (Å²) in [6, 6.07) is 0. The fourth-order valence-corrected chi connectivity index (χ4v) is 3.94. The molecule has 1 aliphatic heterocycles. The van der Waals surface area contributed by atoms with E-state index in [1.807, 2.05) is 0 Å². The van der Waals surface area contributed by atoms with Crippen molar-refractivity contribution in [2.24, 2.45) is 0 Å². The molecule has 4 atom stereocenters. The van der Waals surface area contributed by atoms with Crippen LogP contribution in [0.3, 0.4) is 0 Å². The molecule has 5 N–H and O–H groups in total. The lowest BCUT2D eigenvalue weighted by atomic mass is 10.0. The van der Waals surface area contributed by atoms with E-state index >= 15 is 0 Å². The Morgan fingerprint density at radius 2 is 1.32 bits per heavy atom. The highest BCUT2D eigenvalue weighted by Gasteiger charge is 2.38. The standard InChI is InChI=1S/C20H40O3.C6H12O5/c1-2-3-4-5-6-7-8-9-10-11-12-13-14-15-16-17-20(22)23-19-18-21;7-1-3(8)6-5(10)4(9)2-11-6/h21H,2-19H2,1H3;3-10H,1-2H2/t;3-,4+,5-,6-/m.1/s1. The molecule has 0 aliphatic carbocycles. The Morgan fingerprint density at radius 1 is 0.853 bits per heavy atom. The highest BCUT2D eigenvalue weighted by Crippen LogP contribution is 2.17. The number of aliphatic hydroxyl groups excluding tert-OH is 5. The van der Waals surface area contributed by atoms with Crippen molar-refractivity contribution < 1.29 is 39.8 Å². The number of carbonyl (C=O) groups is 1. The van der Waals surface area contributed by atoms with Gasteiger partial charge in [0, 0.05) is 6.42 Å². The molecule has 1 rings (SSSR count). The molecule has 0 bridgehead atoms. The molecular weight excluding hydrogens is 440 g/mol. The number of hydrogen-bond donors (Lipinski definition) is 5. The van der Waals surface area contributed by atoms with Crippen molar-refractivity contribution >= 4 is 5.97 Å². The van der Waals surface area contributed by atoms with Crippen molar-refractivity contribution in [2.75, 3.05) is 26.4 Å². The average Bonchev–Trinajstić information content (AvgIpc) is 3.18. The van der Waals surface area contributed by atoms with Crippen molar-refractivity contribution in [3.8, 4) is 0 Å². The fraction of sp³-hybridized carbons (Fsp3) is 0.962. The Balaban J connectivity index is 0.000000818. The second-order valence-corrected chi connectivity index (χ2v) is 9.25. The second kappa shape index (κ2) is 23.9. The van der Waals surface area contributed by atoms with Gasteiger partial charge in [-0.05, 0) is 6.42 Å². The third-order valence-electron chi connectivity index (χ3n) is 6.10. The van der Waals surface area contributed by atoms with Crippen LogP contribution in [0.1, 0.15) is 110 Å². The van der Waals surface area contributed by atoms with Gasteiger partial charge in [-0.3, -0.25) is 4.79 Å². The summed E-state index contributed by atoms with van der Waals surface area (Å²) in [5.74, 6) is -0.172. The first-order valence-corrected chi connectivity index (χ1v) is 13.5. The van der Waals surface area contributed by atoms with Crippen LogP contribution < -0.4 is 0 Å². The SMILES string of the molecule is CCCCCCCCCCCCCCCCCC(=O)OCCO.OC[C@@H](O)[C@H]1OC[C@H](O)[C@H]1O. The molecule has 1 aliphatic rings. The summed E-state index contributed by atoms with van der Waals surface area (Å²) >= 11 is 0. The van der Waals surface area contributed by atoms with E-state index < -0.39 is 31.0 Å². The topological polar surface area (TPSA) is 137 Å². The molecule has 1 heterocycles. The Kier molecular flexibility index (Phi) is 23.4. The number of unbranched alkanes of at least 4 members (excludes halogenated alkanes) is 14. The number of ether oxygens (including phenoxy) is 2. The van der Waals surface area contributed by atoms with Crippen LogP contribution in [0.5, 0.6) is 0 Å². The molecule has 34 heavy (non-hydrogen) atoms. The van der Waals surface area contributed by atoms with Crippen LogP contribution in [0.25, 0.3) is 0 Å². The van der Waals surface area contributed by atoms with Crippen molar-refractivity contribution in [3.63, 3.8) is 0 Å². The molecule has 0 aromatic rings. The smallest absolute Gasteiger partial charge is 0.305 e. The maximum Gasteiger partial charge on any atom is 0.305 e. The zero-order valence-electron chi connectivity index (χ0n) is 21.4. The maximum atomic E-state index is 11.2. The van der Waals surface area contributed by atoms with Gasteiger partial charge < -0.3 is 35.0 Å². The lowest BCUT2D eigenvalue weighted by Gasteiger charge is -2.18. The first-order valence-electron chi connectivity index (χ1n) is 13.5. The van der Waals surface area contributed by atoms with E-state index in [9.17, 15) is 4.79 Å². The molecule has 0 spiro atoms. The van der Waals surface area contributed by atoms with Gasteiger partial charge in [0.15, 0.2) is 0 Å². The first kappa shape index (κ1) is 33.2. The Labute approximate surface area is 206 Å². The predicted octanol–water partition coefficient (Wildman–Crippen LogP) is 3.24. The zero-order chi connectivity index (χ0) is 25.4. The van der Waals surface area contributed by atoms with Crippen LogP contribution in [-0.2, 0) is 14.3 Å². The monoisotopic (exact) mass is 492 g/mol. The molecule has 0 aromatic carbocycles. The van der Waals surface area contributed by atoms with E-state index in [0.29, 0.717) is 6.42 Å². The molecule has 204 valence electrons. The molecule has 0 radical (unpaired) electrons. The number of rotatable bonds is 20. The van der Waals surface area contributed by atoms with E-state index in [0.717, 1.165) is 12.8 Å². The molecule has 1 fully saturated rings. The molecule has 8 heteroatoms. The van der Waals surface area contributed by atoms with E-state index in [-0.39, 0.29) is 25.8 Å². The first-order chi connectivity index (χ1) is 16.5. The number of hydrogen-bond acceptors (Lipinski definition) is 8. The number of carbonyl (C=O) groups excluding carboxylic acids is 1. The third-order valence-corrected chi connectivity index (χ3v) is 6.10. The largest absolute Gasteiger partial charge is 0.463 e. The van der Waals surface area contributed by atoms with E-state index in [1.54, 1.807) is 0 Å². The summed E-state index contributed by atoms with van der Waals surface area (Å²) in [6.45, 7) is 1.85. The maximum absolute atomic E-state index is 11.2. The summed E-state index contributed by atoms with van der Waals surface area (Å²) in [7, 11) is 0. The number of aliphatic hydroxyl groups is 5. The van der Waals surface area contributed by atoms with Gasteiger partial charge in [0.2, 0.25) is 0 Å². The van der Waals surface area contributed by atoms with Crippen LogP contribution >= 0.6 is 0 Å². The zero-order valence-corrected chi connectivity index (χ0v) is 21.4. The van der Waals surface area contributed by atoms with Crippen molar-refractivity contribution in [3.05, 3.63) is 0 Å². The van der Waals surface area contributed by atoms with Crippen LogP contribution in [-0.4, -0.2) is 82.3 Å². The van der Waals surface area contributed by atoms with Crippen LogP contribution in [0, 0.1) is 0 Å². The third kappa shape index (κ3) is 18.5. The Hall–Kier alpha value is -0.770. The van der Waals surface area contributed by atoms with E-state index in [2.05, 4.69) is 6.92 Å². The molecular formula is C26H52O8. The lowest BCUT2D eigenvalue weighted by molar-refractivity contribution is -0.144. The summed E-state index contributed by atoms with van der Waals surface area (Å²) in [5.41, 5.74) is 0. The van der Waals surface area contributed by atoms with Crippen LogP contribution in [0.4, 0.5) is 0 Å². The molecule has 0 amide bonds. The minimum atomic E-state index is -1.12. The summed E-state index contributed by atoms with van der Waals surface area (Å²) in [4.78, 5) is 11.2. The molecule has 0 aromatic heterocycles. The van der Waals surface area contributed by atoms with Gasteiger partial charge in [-0.2, -0.15) is 0 Å². The Bertz CT molecular complexity index is 449. The Morgan fingerprint density at radius 3 is 1.71 bits per heavy atom. The van der Waals surface area contributed by atoms with Gasteiger partial charge in [-0.25, -0.2) is 0 Å². The van der Waals surface area contributed by atoms with Crippen LogP contribution in [0.15, 0.2) is 0 Å². The quantitative estimate of drug-likeness (QED) is 0.129. The van der Waals surface area contributed by atoms with Crippen molar-refractivity contribution in [1.29, 1.82) is 0 Å². The van der Waals surface area contributed by atoms with Gasteiger partial charge in [-0.15, -0.1) is 0 Å².